The SMILES string of the molecule is CN(C)S(=O)(=O)c1ccccc1CNS(=O)(=O)c1ccc2oc(=O)ccc2c1. The summed E-state index contributed by atoms with van der Waals surface area (Å²) < 4.78 is 58.6. The van der Waals surface area contributed by atoms with Crippen molar-refractivity contribution in [1.29, 1.82) is 0 Å². The molecule has 0 amide bonds. The first-order chi connectivity index (χ1) is 13.1. The molecular formula is C18H18N2O6S2. The van der Waals surface area contributed by atoms with Crippen LogP contribution >= 0.6 is 0 Å². The molecule has 0 aliphatic carbocycles. The van der Waals surface area contributed by atoms with Gasteiger partial charge in [0.1, 0.15) is 5.58 Å². The van der Waals surface area contributed by atoms with Crippen LogP contribution in [0.2, 0.25) is 0 Å². The number of hydrogen-bond donors (Lipinski definition) is 1. The number of fused-ring (bicyclic) bond motifs is 1. The van der Waals surface area contributed by atoms with E-state index in [1.165, 1.54) is 50.5 Å². The number of benzene rings is 2. The van der Waals surface area contributed by atoms with Crippen LogP contribution in [-0.2, 0) is 26.6 Å². The molecule has 1 N–H and O–H groups in total. The van der Waals surface area contributed by atoms with Crippen LogP contribution in [0.1, 0.15) is 5.56 Å². The number of hydrogen-bond acceptors (Lipinski definition) is 6. The van der Waals surface area contributed by atoms with E-state index in [-0.39, 0.29) is 21.9 Å². The monoisotopic (exact) mass is 422 g/mol. The molecule has 10 heteroatoms. The van der Waals surface area contributed by atoms with Gasteiger partial charge in [0.2, 0.25) is 20.0 Å². The van der Waals surface area contributed by atoms with Gasteiger partial charge < -0.3 is 4.42 Å². The van der Waals surface area contributed by atoms with Crippen molar-refractivity contribution in [3.63, 3.8) is 0 Å². The fourth-order valence-corrected chi connectivity index (χ4v) is 4.73. The normalized spacial score (nSPS) is 12.5. The lowest BCUT2D eigenvalue weighted by Gasteiger charge is -2.15. The minimum absolute atomic E-state index is 0.0261. The largest absolute Gasteiger partial charge is 0.423 e. The molecule has 8 nitrogen and oxygen atoms in total. The van der Waals surface area contributed by atoms with Crippen molar-refractivity contribution in [2.75, 3.05) is 14.1 Å². The molecule has 3 rings (SSSR count). The van der Waals surface area contributed by atoms with Crippen LogP contribution < -0.4 is 10.3 Å². The van der Waals surface area contributed by atoms with Crippen molar-refractivity contribution < 1.29 is 21.3 Å². The van der Waals surface area contributed by atoms with E-state index in [9.17, 15) is 21.6 Å². The average molecular weight is 422 g/mol. The fraction of sp³-hybridized carbons (Fsp3) is 0.167. The van der Waals surface area contributed by atoms with E-state index >= 15 is 0 Å². The Hall–Kier alpha value is -2.53. The lowest BCUT2D eigenvalue weighted by atomic mass is 10.2. The van der Waals surface area contributed by atoms with Crippen LogP contribution in [-0.4, -0.2) is 35.2 Å². The molecule has 0 aliphatic rings. The second-order valence-corrected chi connectivity index (χ2v) is 10.1. The van der Waals surface area contributed by atoms with Gasteiger partial charge in [-0.3, -0.25) is 0 Å². The molecule has 1 heterocycles. The molecule has 28 heavy (non-hydrogen) atoms. The molecule has 148 valence electrons. The third-order valence-corrected chi connectivity index (χ3v) is 7.40. The molecule has 0 bridgehead atoms. The fourth-order valence-electron chi connectivity index (χ4n) is 2.57. The zero-order chi connectivity index (χ0) is 20.5. The Kier molecular flexibility index (Phi) is 5.39. The summed E-state index contributed by atoms with van der Waals surface area (Å²) in [4.78, 5) is 11.2. The molecule has 0 saturated carbocycles. The highest BCUT2D eigenvalue weighted by atomic mass is 32.2. The van der Waals surface area contributed by atoms with E-state index in [0.717, 1.165) is 4.31 Å². The van der Waals surface area contributed by atoms with E-state index in [4.69, 9.17) is 4.42 Å². The summed E-state index contributed by atoms with van der Waals surface area (Å²) in [6.07, 6.45) is 0. The molecule has 0 aliphatic heterocycles. The molecule has 3 aromatic rings. The third kappa shape index (κ3) is 3.99. The van der Waals surface area contributed by atoms with Gasteiger partial charge in [-0.1, -0.05) is 18.2 Å². The molecule has 0 spiro atoms. The number of nitrogens with one attached hydrogen (secondary N) is 1. The average Bonchev–Trinajstić information content (AvgIpc) is 2.66. The second-order valence-electron chi connectivity index (χ2n) is 6.17. The van der Waals surface area contributed by atoms with Crippen LogP contribution in [0.3, 0.4) is 0 Å². The topological polar surface area (TPSA) is 114 Å². The Labute approximate surface area is 162 Å². The van der Waals surface area contributed by atoms with Crippen LogP contribution in [0, 0.1) is 0 Å². The summed E-state index contributed by atoms with van der Waals surface area (Å²) in [5.74, 6) is 0. The van der Waals surface area contributed by atoms with Crippen molar-refractivity contribution >= 4 is 31.0 Å². The van der Waals surface area contributed by atoms with E-state index in [2.05, 4.69) is 4.72 Å². The molecule has 0 atom stereocenters. The minimum Gasteiger partial charge on any atom is -0.423 e. The van der Waals surface area contributed by atoms with Gasteiger partial charge in [-0.05, 0) is 35.9 Å². The number of rotatable bonds is 6. The summed E-state index contributed by atoms with van der Waals surface area (Å²) in [6.45, 7) is -0.201. The van der Waals surface area contributed by atoms with E-state index in [0.29, 0.717) is 10.9 Å². The van der Waals surface area contributed by atoms with Gasteiger partial charge in [0, 0.05) is 32.1 Å². The third-order valence-electron chi connectivity index (χ3n) is 4.08. The van der Waals surface area contributed by atoms with Gasteiger partial charge in [-0.2, -0.15) is 0 Å². The van der Waals surface area contributed by atoms with Gasteiger partial charge in [0.15, 0.2) is 0 Å². The maximum Gasteiger partial charge on any atom is 0.336 e. The Bertz CT molecular complexity index is 1290. The predicted molar refractivity (Wildman–Crippen MR) is 104 cm³/mol. The lowest BCUT2D eigenvalue weighted by Crippen LogP contribution is -2.27. The van der Waals surface area contributed by atoms with Crippen LogP contribution in [0.4, 0.5) is 0 Å². The summed E-state index contributed by atoms with van der Waals surface area (Å²) in [5, 5.41) is 0.457. The van der Waals surface area contributed by atoms with E-state index in [1.807, 2.05) is 0 Å². The van der Waals surface area contributed by atoms with Crippen LogP contribution in [0.25, 0.3) is 11.0 Å². The van der Waals surface area contributed by atoms with Crippen LogP contribution in [0.5, 0.6) is 0 Å². The first-order valence-electron chi connectivity index (χ1n) is 8.15. The standard InChI is InChI=1S/C18H18N2O6S2/c1-20(2)28(24,25)17-6-4-3-5-14(17)12-19-27(22,23)15-8-9-16-13(11-15)7-10-18(21)26-16/h3-11,19H,12H2,1-2H3. The van der Waals surface area contributed by atoms with Gasteiger partial charge >= 0.3 is 5.63 Å². The highest BCUT2D eigenvalue weighted by Gasteiger charge is 2.22. The quantitative estimate of drug-likeness (QED) is 0.603. The zero-order valence-electron chi connectivity index (χ0n) is 15.1. The Balaban J connectivity index is 1.91. The molecule has 0 radical (unpaired) electrons. The summed E-state index contributed by atoms with van der Waals surface area (Å²) in [7, 11) is -4.82. The Morgan fingerprint density at radius 3 is 2.39 bits per heavy atom. The molecule has 0 saturated heterocycles. The molecule has 1 aromatic heterocycles. The highest BCUT2D eigenvalue weighted by molar-refractivity contribution is 7.89. The maximum atomic E-state index is 12.6. The molecule has 2 aromatic carbocycles. The number of sulfonamides is 2. The molecule has 0 unspecified atom stereocenters. The highest BCUT2D eigenvalue weighted by Crippen LogP contribution is 2.21. The zero-order valence-corrected chi connectivity index (χ0v) is 16.7. The summed E-state index contributed by atoms with van der Waals surface area (Å²) >= 11 is 0. The Morgan fingerprint density at radius 1 is 0.964 bits per heavy atom. The summed E-state index contributed by atoms with van der Waals surface area (Å²) in [5.41, 5.74) is 0.0698. The van der Waals surface area contributed by atoms with Gasteiger partial charge in [-0.25, -0.2) is 30.7 Å². The minimum atomic E-state index is -3.92. The molecular weight excluding hydrogens is 404 g/mol. The first kappa shape index (κ1) is 20.2. The smallest absolute Gasteiger partial charge is 0.336 e. The van der Waals surface area contributed by atoms with Crippen molar-refractivity contribution in [2.24, 2.45) is 0 Å². The van der Waals surface area contributed by atoms with Crippen molar-refractivity contribution in [1.82, 2.24) is 9.03 Å². The van der Waals surface area contributed by atoms with Gasteiger partial charge in [0.25, 0.3) is 0 Å². The van der Waals surface area contributed by atoms with Crippen molar-refractivity contribution in [2.45, 2.75) is 16.3 Å². The molecule has 0 fully saturated rings. The van der Waals surface area contributed by atoms with Gasteiger partial charge in [-0.15, -0.1) is 0 Å². The van der Waals surface area contributed by atoms with Crippen molar-refractivity contribution in [3.8, 4) is 0 Å². The van der Waals surface area contributed by atoms with Gasteiger partial charge in [0.05, 0.1) is 9.79 Å². The lowest BCUT2D eigenvalue weighted by molar-refractivity contribution is 0.519. The van der Waals surface area contributed by atoms with E-state index < -0.39 is 25.7 Å². The maximum absolute atomic E-state index is 12.6. The van der Waals surface area contributed by atoms with Crippen molar-refractivity contribution in [3.05, 3.63) is 70.6 Å². The van der Waals surface area contributed by atoms with Crippen LogP contribution in [0.15, 0.2) is 73.6 Å². The number of nitrogens with zero attached hydrogens (tertiary/aromatic N) is 1. The summed E-state index contributed by atoms with van der Waals surface area (Å²) in [6, 6.07) is 13.0. The second kappa shape index (κ2) is 7.47. The predicted octanol–water partition coefficient (Wildman–Crippen LogP) is 1.52. The van der Waals surface area contributed by atoms with E-state index in [1.54, 1.807) is 18.2 Å². The Morgan fingerprint density at radius 2 is 1.68 bits per heavy atom. The first-order valence-corrected chi connectivity index (χ1v) is 11.1.